The monoisotopic (exact) mass is 479 g/mol. The fourth-order valence-corrected chi connectivity index (χ4v) is 6.15. The number of hydrogen-bond donors (Lipinski definition) is 0. The van der Waals surface area contributed by atoms with Gasteiger partial charge in [-0.1, -0.05) is 79.4 Å². The van der Waals surface area contributed by atoms with Gasteiger partial charge >= 0.3 is 6.09 Å². The Bertz CT molecular complexity index is 1270. The highest BCUT2D eigenvalue weighted by Gasteiger charge is 2.45. The maximum absolute atomic E-state index is 13.4. The van der Waals surface area contributed by atoms with Crippen molar-refractivity contribution in [1.82, 2.24) is 4.90 Å². The molecule has 2 fully saturated rings. The van der Waals surface area contributed by atoms with E-state index in [9.17, 15) is 9.59 Å². The van der Waals surface area contributed by atoms with Crippen LogP contribution in [0.25, 0.3) is 17.2 Å². The number of morpholine rings is 1. The van der Waals surface area contributed by atoms with Crippen molar-refractivity contribution in [2.45, 2.75) is 30.8 Å². The molecule has 1 amide bonds. The molecule has 36 heavy (non-hydrogen) atoms. The summed E-state index contributed by atoms with van der Waals surface area (Å²) >= 11 is 0. The Labute approximate surface area is 211 Å². The number of rotatable bonds is 5. The van der Waals surface area contributed by atoms with E-state index in [-0.39, 0.29) is 35.8 Å². The topological polar surface area (TPSA) is 55.8 Å². The highest BCUT2D eigenvalue weighted by molar-refractivity contribution is 5.98. The molecule has 2 aliphatic heterocycles. The normalized spacial score (nSPS) is 22.4. The van der Waals surface area contributed by atoms with Gasteiger partial charge in [-0.25, -0.2) is 4.79 Å². The molecule has 0 spiro atoms. The number of carbonyl (C=O) groups excluding carboxylic acids is 2. The molecule has 3 aromatic rings. The molecule has 3 aliphatic rings. The van der Waals surface area contributed by atoms with Gasteiger partial charge in [0.25, 0.3) is 0 Å². The van der Waals surface area contributed by atoms with Crippen molar-refractivity contribution in [3.05, 3.63) is 102 Å². The second-order valence-corrected chi connectivity index (χ2v) is 9.92. The van der Waals surface area contributed by atoms with Gasteiger partial charge in [-0.05, 0) is 46.7 Å². The quantitative estimate of drug-likeness (QED) is 0.425. The van der Waals surface area contributed by atoms with Gasteiger partial charge in [0.1, 0.15) is 6.61 Å². The molecule has 182 valence electrons. The summed E-state index contributed by atoms with van der Waals surface area (Å²) in [5, 5.41) is 0. The van der Waals surface area contributed by atoms with Crippen LogP contribution in [0.15, 0.2) is 79.4 Å². The Morgan fingerprint density at radius 3 is 2.19 bits per heavy atom. The van der Waals surface area contributed by atoms with Gasteiger partial charge in [0.15, 0.2) is 5.78 Å². The SMILES string of the molecule is C=Cc1cccc(C(=O)C2CC3COCC(C2)N3C(=O)OCC2c3ccccc3-c3ccccc32)c1. The van der Waals surface area contributed by atoms with E-state index in [1.165, 1.54) is 22.3 Å². The standard InChI is InChI=1S/C31H29NO4/c1-2-20-8-7-9-21(14-20)30(33)22-15-23-17-35-18-24(16-22)32(23)31(34)36-19-29-27-12-5-3-10-25(27)26-11-4-6-13-28(26)29/h2-14,22-24,29H,1,15-19H2. The number of Topliss-reactive ketones (excluding diaryl/α,β-unsaturated/α-hetero) is 1. The minimum absolute atomic E-state index is 0.0219. The summed E-state index contributed by atoms with van der Waals surface area (Å²) in [5.41, 5.74) is 6.44. The van der Waals surface area contributed by atoms with E-state index in [1.807, 2.05) is 53.4 Å². The van der Waals surface area contributed by atoms with Crippen molar-refractivity contribution in [2.24, 2.45) is 5.92 Å². The van der Waals surface area contributed by atoms with Crippen LogP contribution in [0.4, 0.5) is 4.79 Å². The molecule has 6 rings (SSSR count). The molecule has 1 aliphatic carbocycles. The first kappa shape index (κ1) is 22.7. The zero-order valence-corrected chi connectivity index (χ0v) is 20.1. The number of benzene rings is 3. The fraction of sp³-hybridized carbons (Fsp3) is 0.290. The van der Waals surface area contributed by atoms with Crippen LogP contribution in [-0.4, -0.2) is 48.7 Å². The summed E-state index contributed by atoms with van der Waals surface area (Å²) in [5.74, 6) is 0.0121. The van der Waals surface area contributed by atoms with E-state index in [0.29, 0.717) is 38.2 Å². The van der Waals surface area contributed by atoms with E-state index in [0.717, 1.165) is 5.56 Å². The average molecular weight is 480 g/mol. The van der Waals surface area contributed by atoms with E-state index < -0.39 is 0 Å². The highest BCUT2D eigenvalue weighted by atomic mass is 16.6. The van der Waals surface area contributed by atoms with Gasteiger partial charge < -0.3 is 9.47 Å². The predicted octanol–water partition coefficient (Wildman–Crippen LogP) is 5.94. The van der Waals surface area contributed by atoms with Crippen molar-refractivity contribution < 1.29 is 19.1 Å². The molecule has 0 aromatic heterocycles. The number of nitrogens with zero attached hydrogens (tertiary/aromatic N) is 1. The number of fused-ring (bicyclic) bond motifs is 5. The lowest BCUT2D eigenvalue weighted by Crippen LogP contribution is -2.60. The lowest BCUT2D eigenvalue weighted by atomic mass is 9.80. The molecule has 2 heterocycles. The van der Waals surface area contributed by atoms with Crippen molar-refractivity contribution in [3.63, 3.8) is 0 Å². The predicted molar refractivity (Wildman–Crippen MR) is 139 cm³/mol. The van der Waals surface area contributed by atoms with E-state index in [1.54, 1.807) is 6.08 Å². The first-order valence-corrected chi connectivity index (χ1v) is 12.6. The van der Waals surface area contributed by atoms with Crippen LogP contribution in [0.2, 0.25) is 0 Å². The number of carbonyl (C=O) groups is 2. The van der Waals surface area contributed by atoms with Crippen molar-refractivity contribution in [3.8, 4) is 11.1 Å². The minimum Gasteiger partial charge on any atom is -0.448 e. The molecule has 2 bridgehead atoms. The fourth-order valence-electron chi connectivity index (χ4n) is 6.15. The molecule has 2 atom stereocenters. The van der Waals surface area contributed by atoms with Crippen molar-refractivity contribution in [2.75, 3.05) is 19.8 Å². The molecule has 2 unspecified atom stereocenters. The summed E-state index contributed by atoms with van der Waals surface area (Å²) < 4.78 is 11.7. The zero-order valence-electron chi connectivity index (χ0n) is 20.1. The second-order valence-electron chi connectivity index (χ2n) is 9.92. The molecular weight excluding hydrogens is 450 g/mol. The molecule has 5 heteroatoms. The summed E-state index contributed by atoms with van der Waals surface area (Å²) in [4.78, 5) is 28.5. The molecular formula is C31H29NO4. The largest absolute Gasteiger partial charge is 0.448 e. The van der Waals surface area contributed by atoms with E-state index >= 15 is 0 Å². The van der Waals surface area contributed by atoms with Crippen LogP contribution in [0.1, 0.15) is 45.8 Å². The van der Waals surface area contributed by atoms with Crippen molar-refractivity contribution >= 4 is 18.0 Å². The third-order valence-electron chi connectivity index (χ3n) is 7.84. The minimum atomic E-state index is -0.310. The van der Waals surface area contributed by atoms with E-state index in [2.05, 4.69) is 30.8 Å². The summed E-state index contributed by atoms with van der Waals surface area (Å²) in [7, 11) is 0. The van der Waals surface area contributed by atoms with Crippen LogP contribution in [0.5, 0.6) is 0 Å². The molecule has 3 aromatic carbocycles. The van der Waals surface area contributed by atoms with Gasteiger partial charge in [-0.2, -0.15) is 0 Å². The Kier molecular flexibility index (Phi) is 5.94. The third kappa shape index (κ3) is 3.94. The van der Waals surface area contributed by atoms with Gasteiger partial charge in [0.2, 0.25) is 0 Å². The lowest BCUT2D eigenvalue weighted by Gasteiger charge is -2.47. The van der Waals surface area contributed by atoms with Crippen molar-refractivity contribution in [1.29, 1.82) is 0 Å². The van der Waals surface area contributed by atoms with Gasteiger partial charge in [-0.3, -0.25) is 9.69 Å². The molecule has 0 N–H and O–H groups in total. The maximum Gasteiger partial charge on any atom is 0.410 e. The van der Waals surface area contributed by atoms with Crippen LogP contribution < -0.4 is 0 Å². The van der Waals surface area contributed by atoms with Crippen LogP contribution >= 0.6 is 0 Å². The Morgan fingerprint density at radius 2 is 1.56 bits per heavy atom. The van der Waals surface area contributed by atoms with Gasteiger partial charge in [-0.15, -0.1) is 0 Å². The maximum atomic E-state index is 13.4. The molecule has 2 saturated heterocycles. The summed E-state index contributed by atoms with van der Waals surface area (Å²) in [6.45, 7) is 4.95. The Balaban J connectivity index is 1.16. The van der Waals surface area contributed by atoms with Crippen LogP contribution in [0, 0.1) is 5.92 Å². The lowest BCUT2D eigenvalue weighted by molar-refractivity contribution is -0.0747. The highest BCUT2D eigenvalue weighted by Crippen LogP contribution is 2.44. The number of piperidine rings is 1. The first-order chi connectivity index (χ1) is 17.6. The Morgan fingerprint density at radius 1 is 0.917 bits per heavy atom. The number of ketones is 1. The number of amides is 1. The first-order valence-electron chi connectivity index (χ1n) is 12.6. The number of ether oxygens (including phenoxy) is 2. The molecule has 0 radical (unpaired) electrons. The van der Waals surface area contributed by atoms with Gasteiger partial charge in [0, 0.05) is 17.4 Å². The molecule has 0 saturated carbocycles. The zero-order chi connectivity index (χ0) is 24.6. The third-order valence-corrected chi connectivity index (χ3v) is 7.84. The second kappa shape index (κ2) is 9.40. The van der Waals surface area contributed by atoms with Gasteiger partial charge in [0.05, 0.1) is 25.3 Å². The van der Waals surface area contributed by atoms with Crippen LogP contribution in [-0.2, 0) is 9.47 Å². The van der Waals surface area contributed by atoms with E-state index in [4.69, 9.17) is 9.47 Å². The smallest absolute Gasteiger partial charge is 0.410 e. The molecule has 5 nitrogen and oxygen atoms in total. The van der Waals surface area contributed by atoms with Crippen LogP contribution in [0.3, 0.4) is 0 Å². The Hall–Kier alpha value is -3.70. The average Bonchev–Trinajstić information content (AvgIpc) is 3.24. The summed E-state index contributed by atoms with van der Waals surface area (Å²) in [6, 6.07) is 23.9. The number of hydrogen-bond acceptors (Lipinski definition) is 4. The summed E-state index contributed by atoms with van der Waals surface area (Å²) in [6.07, 6.45) is 2.60.